The van der Waals surface area contributed by atoms with Crippen LogP contribution in [0, 0.1) is 0 Å². The van der Waals surface area contributed by atoms with Gasteiger partial charge in [-0.25, -0.2) is 4.79 Å². The Labute approximate surface area is 154 Å². The van der Waals surface area contributed by atoms with Gasteiger partial charge in [-0.1, -0.05) is 11.6 Å². The standard InChI is InChI=1S/C18H26ClN3O3/c1-18(2,3)25-17(24)22-10-4-9-21(11-12-22)13-16(23)20-15-7-5-14(19)6-8-15/h5-8H,4,9-13H2,1-3H3,(H,20,23). The second-order valence-electron chi connectivity index (χ2n) is 7.15. The lowest BCUT2D eigenvalue weighted by Gasteiger charge is -2.26. The number of carbonyl (C=O) groups is 2. The highest BCUT2D eigenvalue weighted by Crippen LogP contribution is 2.14. The zero-order valence-corrected chi connectivity index (χ0v) is 15.8. The topological polar surface area (TPSA) is 61.9 Å². The third-order valence-corrected chi connectivity index (χ3v) is 3.99. The summed E-state index contributed by atoms with van der Waals surface area (Å²) >= 11 is 5.84. The van der Waals surface area contributed by atoms with Gasteiger partial charge in [0.15, 0.2) is 0 Å². The van der Waals surface area contributed by atoms with E-state index in [2.05, 4.69) is 10.2 Å². The van der Waals surface area contributed by atoms with Gasteiger partial charge in [-0.2, -0.15) is 0 Å². The number of amides is 2. The van der Waals surface area contributed by atoms with Crippen LogP contribution in [0.2, 0.25) is 5.02 Å². The minimum Gasteiger partial charge on any atom is -0.444 e. The van der Waals surface area contributed by atoms with Crippen LogP contribution in [-0.2, 0) is 9.53 Å². The fourth-order valence-corrected chi connectivity index (χ4v) is 2.70. The van der Waals surface area contributed by atoms with Crippen LogP contribution in [0.3, 0.4) is 0 Å². The average Bonchev–Trinajstić information content (AvgIpc) is 2.73. The van der Waals surface area contributed by atoms with E-state index in [0.29, 0.717) is 31.2 Å². The monoisotopic (exact) mass is 367 g/mol. The normalized spacial score (nSPS) is 16.2. The summed E-state index contributed by atoms with van der Waals surface area (Å²) in [6.45, 7) is 8.49. The van der Waals surface area contributed by atoms with Crippen molar-refractivity contribution in [2.45, 2.75) is 32.8 Å². The fourth-order valence-electron chi connectivity index (χ4n) is 2.57. The molecule has 6 nitrogen and oxygen atoms in total. The number of nitrogens with one attached hydrogen (secondary N) is 1. The summed E-state index contributed by atoms with van der Waals surface area (Å²) in [6.07, 6.45) is 0.521. The number of benzene rings is 1. The summed E-state index contributed by atoms with van der Waals surface area (Å²) < 4.78 is 5.42. The van der Waals surface area contributed by atoms with E-state index >= 15 is 0 Å². The lowest BCUT2D eigenvalue weighted by Crippen LogP contribution is -2.40. The molecule has 1 N–H and O–H groups in total. The van der Waals surface area contributed by atoms with Crippen molar-refractivity contribution in [1.82, 2.24) is 9.80 Å². The van der Waals surface area contributed by atoms with Crippen molar-refractivity contribution in [2.75, 3.05) is 38.0 Å². The molecule has 1 saturated heterocycles. The Hall–Kier alpha value is -1.79. The number of ether oxygens (including phenoxy) is 1. The van der Waals surface area contributed by atoms with Gasteiger partial charge in [-0.05, 0) is 51.5 Å². The number of nitrogens with zero attached hydrogens (tertiary/aromatic N) is 2. The number of halogens is 1. The number of anilines is 1. The van der Waals surface area contributed by atoms with Gasteiger partial charge < -0.3 is 15.0 Å². The first-order chi connectivity index (χ1) is 11.7. The van der Waals surface area contributed by atoms with E-state index in [4.69, 9.17) is 16.3 Å². The van der Waals surface area contributed by atoms with Crippen LogP contribution in [0.25, 0.3) is 0 Å². The van der Waals surface area contributed by atoms with E-state index in [1.165, 1.54) is 0 Å². The first kappa shape index (κ1) is 19.5. The molecule has 0 aliphatic carbocycles. The van der Waals surface area contributed by atoms with Crippen LogP contribution in [0.4, 0.5) is 10.5 Å². The summed E-state index contributed by atoms with van der Waals surface area (Å²) in [5.74, 6) is -0.0759. The Balaban J connectivity index is 1.81. The van der Waals surface area contributed by atoms with Gasteiger partial charge >= 0.3 is 6.09 Å². The van der Waals surface area contributed by atoms with E-state index < -0.39 is 5.60 Å². The molecule has 0 bridgehead atoms. The van der Waals surface area contributed by atoms with Gasteiger partial charge in [0, 0.05) is 36.9 Å². The van der Waals surface area contributed by atoms with Gasteiger partial charge in [-0.3, -0.25) is 9.69 Å². The van der Waals surface area contributed by atoms with Crippen LogP contribution in [0.15, 0.2) is 24.3 Å². The van der Waals surface area contributed by atoms with E-state index in [1.807, 2.05) is 20.8 Å². The predicted molar refractivity (Wildman–Crippen MR) is 98.9 cm³/mol. The Bertz CT molecular complexity index is 599. The van der Waals surface area contributed by atoms with Gasteiger partial charge in [0.2, 0.25) is 5.91 Å². The molecule has 138 valence electrons. The lowest BCUT2D eigenvalue weighted by molar-refractivity contribution is -0.117. The zero-order valence-electron chi connectivity index (χ0n) is 15.0. The van der Waals surface area contributed by atoms with Gasteiger partial charge in [-0.15, -0.1) is 0 Å². The zero-order chi connectivity index (χ0) is 18.4. The molecule has 0 spiro atoms. The highest BCUT2D eigenvalue weighted by molar-refractivity contribution is 6.30. The van der Waals surface area contributed by atoms with Gasteiger partial charge in [0.1, 0.15) is 5.60 Å². The quantitative estimate of drug-likeness (QED) is 0.891. The number of hydrogen-bond acceptors (Lipinski definition) is 4. The smallest absolute Gasteiger partial charge is 0.410 e. The molecule has 7 heteroatoms. The summed E-state index contributed by atoms with van der Waals surface area (Å²) in [7, 11) is 0. The number of carbonyl (C=O) groups excluding carboxylic acids is 2. The van der Waals surface area contributed by atoms with Crippen molar-refractivity contribution in [3.8, 4) is 0 Å². The molecular weight excluding hydrogens is 342 g/mol. The van der Waals surface area contributed by atoms with Crippen molar-refractivity contribution in [3.05, 3.63) is 29.3 Å². The summed E-state index contributed by atoms with van der Waals surface area (Å²) in [5.41, 5.74) is 0.223. The second-order valence-corrected chi connectivity index (χ2v) is 7.59. The van der Waals surface area contributed by atoms with E-state index in [-0.39, 0.29) is 12.0 Å². The van der Waals surface area contributed by atoms with Crippen LogP contribution < -0.4 is 5.32 Å². The first-order valence-electron chi connectivity index (χ1n) is 8.49. The van der Waals surface area contributed by atoms with E-state index in [0.717, 1.165) is 18.7 Å². The lowest BCUT2D eigenvalue weighted by atomic mass is 10.2. The molecule has 0 atom stereocenters. The maximum absolute atomic E-state index is 12.2. The van der Waals surface area contributed by atoms with Crippen LogP contribution in [0.5, 0.6) is 0 Å². The highest BCUT2D eigenvalue weighted by atomic mass is 35.5. The fraction of sp³-hybridized carbons (Fsp3) is 0.556. The Kier molecular flexibility index (Phi) is 6.67. The highest BCUT2D eigenvalue weighted by Gasteiger charge is 2.25. The van der Waals surface area contributed by atoms with Gasteiger partial charge in [0.25, 0.3) is 0 Å². The van der Waals surface area contributed by atoms with E-state index in [9.17, 15) is 9.59 Å². The molecule has 0 radical (unpaired) electrons. The molecule has 0 saturated carbocycles. The summed E-state index contributed by atoms with van der Waals surface area (Å²) in [6, 6.07) is 7.02. The van der Waals surface area contributed by atoms with Crippen molar-refractivity contribution < 1.29 is 14.3 Å². The number of rotatable bonds is 3. The third kappa shape index (κ3) is 6.92. The maximum atomic E-state index is 12.2. The SMILES string of the molecule is CC(C)(C)OC(=O)N1CCCN(CC(=O)Nc2ccc(Cl)cc2)CC1. The van der Waals surface area contributed by atoms with Crippen molar-refractivity contribution in [3.63, 3.8) is 0 Å². The Morgan fingerprint density at radius 2 is 1.80 bits per heavy atom. The molecule has 1 aromatic carbocycles. The average molecular weight is 368 g/mol. The number of hydrogen-bond donors (Lipinski definition) is 1. The third-order valence-electron chi connectivity index (χ3n) is 3.74. The van der Waals surface area contributed by atoms with Crippen LogP contribution in [0.1, 0.15) is 27.2 Å². The van der Waals surface area contributed by atoms with Crippen molar-refractivity contribution in [2.24, 2.45) is 0 Å². The largest absolute Gasteiger partial charge is 0.444 e. The molecule has 0 unspecified atom stereocenters. The molecule has 2 amide bonds. The Morgan fingerprint density at radius 3 is 2.44 bits per heavy atom. The first-order valence-corrected chi connectivity index (χ1v) is 8.86. The molecule has 25 heavy (non-hydrogen) atoms. The summed E-state index contributed by atoms with van der Waals surface area (Å²) in [5, 5.41) is 3.49. The molecule has 1 fully saturated rings. The Morgan fingerprint density at radius 1 is 1.12 bits per heavy atom. The maximum Gasteiger partial charge on any atom is 0.410 e. The minimum absolute atomic E-state index is 0.0759. The second kappa shape index (κ2) is 8.54. The van der Waals surface area contributed by atoms with Crippen LogP contribution >= 0.6 is 11.6 Å². The van der Waals surface area contributed by atoms with Gasteiger partial charge in [0.05, 0.1) is 6.54 Å². The predicted octanol–water partition coefficient (Wildman–Crippen LogP) is 3.22. The van der Waals surface area contributed by atoms with Crippen molar-refractivity contribution in [1.29, 1.82) is 0 Å². The molecule has 1 heterocycles. The molecular formula is C18H26ClN3O3. The molecule has 1 aromatic rings. The van der Waals surface area contributed by atoms with E-state index in [1.54, 1.807) is 29.2 Å². The molecule has 1 aliphatic heterocycles. The molecule has 1 aliphatic rings. The molecule has 2 rings (SSSR count). The molecule has 0 aromatic heterocycles. The minimum atomic E-state index is -0.498. The van der Waals surface area contributed by atoms with Crippen molar-refractivity contribution >= 4 is 29.3 Å². The van der Waals surface area contributed by atoms with Crippen LogP contribution in [-0.4, -0.2) is 60.1 Å². The summed E-state index contributed by atoms with van der Waals surface area (Å²) in [4.78, 5) is 28.1.